The van der Waals surface area contributed by atoms with Crippen molar-refractivity contribution in [2.24, 2.45) is 9.98 Å². The Morgan fingerprint density at radius 3 is 1.97 bits per heavy atom. The van der Waals surface area contributed by atoms with Gasteiger partial charge in [-0.15, -0.1) is 0 Å². The summed E-state index contributed by atoms with van der Waals surface area (Å²) < 4.78 is 5.55. The van der Waals surface area contributed by atoms with E-state index in [1.54, 1.807) is 6.92 Å². The van der Waals surface area contributed by atoms with Crippen molar-refractivity contribution in [3.8, 4) is 5.75 Å². The lowest BCUT2D eigenvalue weighted by Gasteiger charge is -2.16. The van der Waals surface area contributed by atoms with Gasteiger partial charge in [-0.1, -0.05) is 18.2 Å². The van der Waals surface area contributed by atoms with E-state index in [2.05, 4.69) is 42.0 Å². The molecule has 0 aliphatic carbocycles. The fourth-order valence-electron chi connectivity index (χ4n) is 2.60. The zero-order valence-electron chi connectivity index (χ0n) is 17.8. The van der Waals surface area contributed by atoms with Crippen molar-refractivity contribution in [2.75, 3.05) is 20.7 Å². The zero-order chi connectivity index (χ0) is 22.6. The molecule has 0 fully saturated rings. The van der Waals surface area contributed by atoms with Crippen molar-refractivity contribution in [3.05, 3.63) is 34.9 Å². The number of ether oxygens (including phenoxy) is 1. The number of benzene rings is 1. The first-order chi connectivity index (χ1) is 14.0. The Hall–Kier alpha value is -3.62. The first-order valence-electron chi connectivity index (χ1n) is 9.18. The highest BCUT2D eigenvalue weighted by Gasteiger charge is 2.27. The normalized spacial score (nSPS) is 16.9. The van der Waals surface area contributed by atoms with E-state index in [9.17, 15) is 19.2 Å². The van der Waals surface area contributed by atoms with E-state index in [0.29, 0.717) is 12.4 Å². The summed E-state index contributed by atoms with van der Waals surface area (Å²) in [5, 5.41) is 0. The number of imide groups is 1. The van der Waals surface area contributed by atoms with Gasteiger partial charge in [0.2, 0.25) is 0 Å². The number of carbonyl (C=O) groups excluding carboxylic acids is 4. The molecule has 1 aromatic carbocycles. The number of amides is 5. The van der Waals surface area contributed by atoms with Crippen LogP contribution in [-0.2, 0) is 14.4 Å². The van der Waals surface area contributed by atoms with Crippen LogP contribution in [0.3, 0.4) is 0 Å². The van der Waals surface area contributed by atoms with E-state index >= 15 is 0 Å². The van der Waals surface area contributed by atoms with Crippen molar-refractivity contribution in [2.45, 2.75) is 27.7 Å². The van der Waals surface area contributed by atoms with Crippen LogP contribution in [0.15, 0.2) is 28.2 Å². The predicted octanol–water partition coefficient (Wildman–Crippen LogP) is 2.15. The minimum atomic E-state index is -0.671. The number of hydrogen-bond donors (Lipinski definition) is 0. The number of carbonyl (C=O) groups is 4. The van der Waals surface area contributed by atoms with Gasteiger partial charge < -0.3 is 4.74 Å². The number of hydrogen-bond acceptors (Lipinski definition) is 5. The standard InChI is InChI=1S/C11H12O.2C5H6N2O2/c1-8-5-6-10-4-3-7-12-11(10)9(8)2;1-3-6-4(8)5(9)7(3)2;1-3-4(8)7(2)5(9)6-3/h3-6H,7H2,1-2H3;2*1-2H3. The monoisotopic (exact) mass is 412 g/mol. The SMILES string of the molecule is CC1=NC(=O)C(=O)N1C.CC1=NC(=O)N(C)C1=O.Cc1ccc2c(c1C)OCC=C2. The minimum Gasteiger partial charge on any atom is -0.489 e. The van der Waals surface area contributed by atoms with Crippen LogP contribution >= 0.6 is 0 Å². The lowest BCUT2D eigenvalue weighted by atomic mass is 10.0. The lowest BCUT2D eigenvalue weighted by Crippen LogP contribution is -2.27. The average Bonchev–Trinajstić information content (AvgIpc) is 3.09. The van der Waals surface area contributed by atoms with Gasteiger partial charge in [-0.05, 0) is 44.9 Å². The predicted molar refractivity (Wildman–Crippen MR) is 113 cm³/mol. The molecule has 3 aliphatic rings. The molecule has 0 atom stereocenters. The molecule has 9 nitrogen and oxygen atoms in total. The molecule has 1 aromatic rings. The van der Waals surface area contributed by atoms with E-state index in [4.69, 9.17) is 4.74 Å². The van der Waals surface area contributed by atoms with Crippen LogP contribution in [0.2, 0.25) is 0 Å². The van der Waals surface area contributed by atoms with Crippen molar-refractivity contribution in [1.29, 1.82) is 0 Å². The molecule has 4 rings (SSSR count). The molecule has 9 heteroatoms. The quantitative estimate of drug-likeness (QED) is 0.607. The maximum absolute atomic E-state index is 10.7. The molecule has 0 bridgehead atoms. The summed E-state index contributed by atoms with van der Waals surface area (Å²) in [6.45, 7) is 8.05. The number of urea groups is 1. The largest absolute Gasteiger partial charge is 0.489 e. The van der Waals surface area contributed by atoms with E-state index in [-0.39, 0.29) is 11.6 Å². The summed E-state index contributed by atoms with van der Waals surface area (Å²) in [5.74, 6) is -0.00926. The van der Waals surface area contributed by atoms with Gasteiger partial charge in [0.15, 0.2) is 0 Å². The molecule has 3 aliphatic heterocycles. The summed E-state index contributed by atoms with van der Waals surface area (Å²) in [6, 6.07) is 3.76. The van der Waals surface area contributed by atoms with Crippen molar-refractivity contribution >= 4 is 41.4 Å². The second-order valence-electron chi connectivity index (χ2n) is 6.81. The molecule has 5 amide bonds. The molecule has 30 heavy (non-hydrogen) atoms. The number of nitrogens with zero attached hydrogens (tertiary/aromatic N) is 4. The number of aliphatic imine (C=N–C) groups is 2. The number of fused-ring (bicyclic) bond motifs is 1. The first-order valence-corrected chi connectivity index (χ1v) is 9.18. The van der Waals surface area contributed by atoms with E-state index < -0.39 is 17.8 Å². The molecule has 158 valence electrons. The van der Waals surface area contributed by atoms with Crippen LogP contribution in [0.1, 0.15) is 30.5 Å². The van der Waals surface area contributed by atoms with Gasteiger partial charge in [-0.3, -0.25) is 24.2 Å². The summed E-state index contributed by atoms with van der Waals surface area (Å²) >= 11 is 0. The smallest absolute Gasteiger partial charge is 0.350 e. The molecule has 0 spiro atoms. The first kappa shape index (κ1) is 22.7. The van der Waals surface area contributed by atoms with Crippen molar-refractivity contribution in [1.82, 2.24) is 9.80 Å². The number of amidine groups is 1. The summed E-state index contributed by atoms with van der Waals surface area (Å²) in [6.07, 6.45) is 4.16. The third kappa shape index (κ3) is 4.86. The summed E-state index contributed by atoms with van der Waals surface area (Å²) in [5.41, 5.74) is 4.02. The number of rotatable bonds is 0. The summed E-state index contributed by atoms with van der Waals surface area (Å²) in [7, 11) is 2.93. The molecule has 0 N–H and O–H groups in total. The highest BCUT2D eigenvalue weighted by atomic mass is 16.5. The highest BCUT2D eigenvalue weighted by Crippen LogP contribution is 2.29. The fourth-order valence-corrected chi connectivity index (χ4v) is 2.60. The Bertz CT molecular complexity index is 1010. The maximum Gasteiger partial charge on any atom is 0.350 e. The van der Waals surface area contributed by atoms with E-state index in [1.807, 2.05) is 6.08 Å². The average molecular weight is 412 g/mol. The van der Waals surface area contributed by atoms with Gasteiger partial charge in [0, 0.05) is 19.7 Å². The number of aryl methyl sites for hydroxylation is 1. The van der Waals surface area contributed by atoms with Gasteiger partial charge >= 0.3 is 17.8 Å². The number of likely N-dealkylation sites (N-methyl/N-ethyl adjacent to an activating group) is 1. The molecule has 0 radical (unpaired) electrons. The molecular formula is C21H24N4O5. The molecule has 3 heterocycles. The fraction of sp³-hybridized carbons (Fsp3) is 0.333. The molecule has 0 saturated carbocycles. The van der Waals surface area contributed by atoms with Crippen LogP contribution in [0.5, 0.6) is 5.75 Å². The van der Waals surface area contributed by atoms with Gasteiger partial charge in [0.1, 0.15) is 23.9 Å². The van der Waals surface area contributed by atoms with E-state index in [0.717, 1.165) is 10.6 Å². The Labute approximate surface area is 174 Å². The third-order valence-electron chi connectivity index (χ3n) is 4.73. The Morgan fingerprint density at radius 1 is 0.900 bits per heavy atom. The Kier molecular flexibility index (Phi) is 6.99. The zero-order valence-corrected chi connectivity index (χ0v) is 17.8. The Balaban J connectivity index is 0.000000163. The highest BCUT2D eigenvalue weighted by molar-refractivity contribution is 6.45. The van der Waals surface area contributed by atoms with Gasteiger partial charge in [-0.2, -0.15) is 9.98 Å². The minimum absolute atomic E-state index is 0.266. The van der Waals surface area contributed by atoms with Crippen LogP contribution < -0.4 is 4.74 Å². The molecule has 0 unspecified atom stereocenters. The summed E-state index contributed by atoms with van der Waals surface area (Å²) in [4.78, 5) is 51.2. The Morgan fingerprint density at radius 2 is 1.57 bits per heavy atom. The van der Waals surface area contributed by atoms with Gasteiger partial charge in [0.25, 0.3) is 5.91 Å². The topological polar surface area (TPSA) is 109 Å². The van der Waals surface area contributed by atoms with Crippen LogP contribution in [0, 0.1) is 13.8 Å². The molecule has 0 aromatic heterocycles. The molecule has 0 saturated heterocycles. The lowest BCUT2D eigenvalue weighted by molar-refractivity contribution is -0.139. The van der Waals surface area contributed by atoms with Crippen LogP contribution in [0.4, 0.5) is 4.79 Å². The second-order valence-corrected chi connectivity index (χ2v) is 6.81. The molecular weight excluding hydrogens is 388 g/mol. The van der Waals surface area contributed by atoms with Crippen LogP contribution in [-0.4, -0.2) is 65.8 Å². The van der Waals surface area contributed by atoms with Crippen LogP contribution in [0.25, 0.3) is 6.08 Å². The third-order valence-corrected chi connectivity index (χ3v) is 4.73. The van der Waals surface area contributed by atoms with Crippen molar-refractivity contribution < 1.29 is 23.9 Å². The second kappa shape index (κ2) is 9.25. The van der Waals surface area contributed by atoms with Gasteiger partial charge in [0.05, 0.1) is 0 Å². The maximum atomic E-state index is 10.7. The van der Waals surface area contributed by atoms with Gasteiger partial charge in [-0.25, -0.2) is 4.79 Å². The van der Waals surface area contributed by atoms with Crippen molar-refractivity contribution in [3.63, 3.8) is 0 Å². The van der Waals surface area contributed by atoms with E-state index in [1.165, 1.54) is 42.6 Å².